The van der Waals surface area contributed by atoms with E-state index < -0.39 is 0 Å². The highest BCUT2D eigenvalue weighted by atomic mass is 79.9. The van der Waals surface area contributed by atoms with Gasteiger partial charge in [0.1, 0.15) is 22.6 Å². The van der Waals surface area contributed by atoms with Gasteiger partial charge in [-0.25, -0.2) is 4.98 Å². The zero-order valence-electron chi connectivity index (χ0n) is 20.5. The SMILES string of the molecule is COCCn1c(-c2ccc(C(C)C)cc2)nc2c(Br)c(CN(C)c3ccccc3)cc(OC)c21. The molecule has 1 aromatic heterocycles. The van der Waals surface area contributed by atoms with Crippen molar-refractivity contribution >= 4 is 32.7 Å². The summed E-state index contributed by atoms with van der Waals surface area (Å²) in [7, 11) is 5.54. The first-order valence-electron chi connectivity index (χ1n) is 11.6. The number of anilines is 1. The summed E-state index contributed by atoms with van der Waals surface area (Å²) in [5, 5.41) is 0. The Balaban J connectivity index is 1.84. The third-order valence-corrected chi connectivity index (χ3v) is 7.06. The number of imidazole rings is 1. The molecule has 0 aliphatic rings. The zero-order valence-corrected chi connectivity index (χ0v) is 22.1. The highest BCUT2D eigenvalue weighted by Gasteiger charge is 2.22. The van der Waals surface area contributed by atoms with Gasteiger partial charge in [-0.3, -0.25) is 0 Å². The molecule has 178 valence electrons. The third kappa shape index (κ3) is 4.84. The minimum atomic E-state index is 0.486. The van der Waals surface area contributed by atoms with Crippen molar-refractivity contribution < 1.29 is 9.47 Å². The largest absolute Gasteiger partial charge is 0.494 e. The number of hydrogen-bond donors (Lipinski definition) is 0. The standard InChI is InChI=1S/C28H32BrN3O2/c1-19(2)20-11-13-21(14-12-20)28-30-26-25(29)22(18-31(3)23-9-7-6-8-10-23)17-24(34-5)27(26)32(28)15-16-33-4/h6-14,17,19H,15-16,18H2,1-5H3. The topological polar surface area (TPSA) is 39.5 Å². The molecule has 5 nitrogen and oxygen atoms in total. The molecule has 4 rings (SSSR count). The Labute approximate surface area is 210 Å². The van der Waals surface area contributed by atoms with E-state index >= 15 is 0 Å². The maximum atomic E-state index is 5.89. The summed E-state index contributed by atoms with van der Waals surface area (Å²) in [5.41, 5.74) is 6.54. The molecule has 34 heavy (non-hydrogen) atoms. The number of fused-ring (bicyclic) bond motifs is 1. The van der Waals surface area contributed by atoms with Gasteiger partial charge in [-0.05, 0) is 51.2 Å². The quantitative estimate of drug-likeness (QED) is 0.240. The van der Waals surface area contributed by atoms with Crippen molar-refractivity contribution in [3.8, 4) is 17.1 Å². The maximum Gasteiger partial charge on any atom is 0.145 e. The lowest BCUT2D eigenvalue weighted by Gasteiger charge is -2.21. The number of aromatic nitrogens is 2. The van der Waals surface area contributed by atoms with Gasteiger partial charge in [-0.1, -0.05) is 56.3 Å². The van der Waals surface area contributed by atoms with Crippen molar-refractivity contribution in [2.24, 2.45) is 0 Å². The zero-order chi connectivity index (χ0) is 24.2. The second-order valence-electron chi connectivity index (χ2n) is 8.80. The van der Waals surface area contributed by atoms with Gasteiger partial charge in [0.15, 0.2) is 0 Å². The predicted molar refractivity (Wildman–Crippen MR) is 144 cm³/mol. The Morgan fingerprint density at radius 1 is 1.03 bits per heavy atom. The molecule has 0 aliphatic heterocycles. The highest BCUT2D eigenvalue weighted by molar-refractivity contribution is 9.10. The van der Waals surface area contributed by atoms with Crippen molar-refractivity contribution in [2.75, 3.05) is 32.8 Å². The first kappa shape index (κ1) is 24.3. The Morgan fingerprint density at radius 3 is 2.35 bits per heavy atom. The average Bonchev–Trinajstić information content (AvgIpc) is 3.24. The molecule has 0 fully saturated rings. The van der Waals surface area contributed by atoms with E-state index in [1.807, 2.05) is 6.07 Å². The number of para-hydroxylation sites is 1. The van der Waals surface area contributed by atoms with Gasteiger partial charge < -0.3 is 18.9 Å². The molecule has 0 N–H and O–H groups in total. The summed E-state index contributed by atoms with van der Waals surface area (Å²) in [5.74, 6) is 2.21. The van der Waals surface area contributed by atoms with Gasteiger partial charge in [0, 0.05) is 38.5 Å². The number of methoxy groups -OCH3 is 2. The number of rotatable bonds is 9. The van der Waals surface area contributed by atoms with E-state index in [1.165, 1.54) is 5.56 Å². The molecule has 0 aliphatic carbocycles. The molecule has 1 heterocycles. The van der Waals surface area contributed by atoms with Gasteiger partial charge in [-0.2, -0.15) is 0 Å². The van der Waals surface area contributed by atoms with Crippen LogP contribution in [0.5, 0.6) is 5.75 Å². The first-order chi connectivity index (χ1) is 16.4. The monoisotopic (exact) mass is 521 g/mol. The van der Waals surface area contributed by atoms with Gasteiger partial charge in [-0.15, -0.1) is 0 Å². The molecular formula is C28H32BrN3O2. The molecule has 0 saturated carbocycles. The molecule has 0 radical (unpaired) electrons. The van der Waals surface area contributed by atoms with Crippen LogP contribution in [0.3, 0.4) is 0 Å². The summed E-state index contributed by atoms with van der Waals surface area (Å²) in [4.78, 5) is 7.34. The van der Waals surface area contributed by atoms with E-state index in [2.05, 4.69) is 101 Å². The number of ether oxygens (including phenoxy) is 2. The van der Waals surface area contributed by atoms with Gasteiger partial charge >= 0.3 is 0 Å². The number of hydrogen-bond acceptors (Lipinski definition) is 4. The van der Waals surface area contributed by atoms with E-state index in [4.69, 9.17) is 14.5 Å². The van der Waals surface area contributed by atoms with Crippen molar-refractivity contribution in [1.82, 2.24) is 9.55 Å². The van der Waals surface area contributed by atoms with Crippen LogP contribution in [0.2, 0.25) is 0 Å². The summed E-state index contributed by atoms with van der Waals surface area (Å²) in [6, 6.07) is 21.2. The Bertz CT molecular complexity index is 1250. The lowest BCUT2D eigenvalue weighted by atomic mass is 10.0. The normalized spacial score (nSPS) is 11.4. The highest BCUT2D eigenvalue weighted by Crippen LogP contribution is 2.38. The van der Waals surface area contributed by atoms with E-state index in [0.29, 0.717) is 19.1 Å². The number of nitrogens with zero attached hydrogens (tertiary/aromatic N) is 3. The fourth-order valence-corrected chi connectivity index (χ4v) is 4.75. The molecule has 0 bridgehead atoms. The Morgan fingerprint density at radius 2 is 1.74 bits per heavy atom. The van der Waals surface area contributed by atoms with Crippen LogP contribution in [0.1, 0.15) is 30.9 Å². The van der Waals surface area contributed by atoms with Crippen molar-refractivity contribution in [3.05, 3.63) is 76.3 Å². The van der Waals surface area contributed by atoms with Crippen LogP contribution in [0.4, 0.5) is 5.69 Å². The molecular weight excluding hydrogens is 490 g/mol. The fourth-order valence-electron chi connectivity index (χ4n) is 4.24. The maximum absolute atomic E-state index is 5.89. The van der Waals surface area contributed by atoms with E-state index in [1.54, 1.807) is 14.2 Å². The van der Waals surface area contributed by atoms with Crippen LogP contribution in [0, 0.1) is 0 Å². The van der Waals surface area contributed by atoms with Crippen molar-refractivity contribution in [3.63, 3.8) is 0 Å². The van der Waals surface area contributed by atoms with Crippen LogP contribution >= 0.6 is 15.9 Å². The van der Waals surface area contributed by atoms with Crippen molar-refractivity contribution in [1.29, 1.82) is 0 Å². The number of benzene rings is 3. The molecule has 0 saturated heterocycles. The molecule has 0 spiro atoms. The second-order valence-corrected chi connectivity index (χ2v) is 9.59. The van der Waals surface area contributed by atoms with Crippen LogP contribution < -0.4 is 9.64 Å². The van der Waals surface area contributed by atoms with E-state index in [0.717, 1.165) is 50.4 Å². The molecule has 0 atom stereocenters. The lowest BCUT2D eigenvalue weighted by molar-refractivity contribution is 0.188. The smallest absolute Gasteiger partial charge is 0.145 e. The Hall–Kier alpha value is -2.83. The Kier molecular flexibility index (Phi) is 7.59. The minimum absolute atomic E-state index is 0.486. The molecule has 0 unspecified atom stereocenters. The summed E-state index contributed by atoms with van der Waals surface area (Å²) in [6.07, 6.45) is 0. The van der Waals surface area contributed by atoms with Gasteiger partial charge in [0.2, 0.25) is 0 Å². The lowest BCUT2D eigenvalue weighted by Crippen LogP contribution is -2.16. The fraction of sp³-hybridized carbons (Fsp3) is 0.321. The van der Waals surface area contributed by atoms with Crippen LogP contribution in [0.15, 0.2) is 65.1 Å². The van der Waals surface area contributed by atoms with Gasteiger partial charge in [0.25, 0.3) is 0 Å². The van der Waals surface area contributed by atoms with E-state index in [9.17, 15) is 0 Å². The predicted octanol–water partition coefficient (Wildman–Crippen LogP) is 6.88. The van der Waals surface area contributed by atoms with Gasteiger partial charge in [0.05, 0.1) is 18.2 Å². The van der Waals surface area contributed by atoms with Crippen LogP contribution in [-0.4, -0.2) is 37.4 Å². The molecule has 3 aromatic carbocycles. The van der Waals surface area contributed by atoms with Crippen LogP contribution in [-0.2, 0) is 17.8 Å². The molecule has 0 amide bonds. The van der Waals surface area contributed by atoms with Crippen LogP contribution in [0.25, 0.3) is 22.4 Å². The van der Waals surface area contributed by atoms with Crippen molar-refractivity contribution in [2.45, 2.75) is 32.9 Å². The minimum Gasteiger partial charge on any atom is -0.494 e. The first-order valence-corrected chi connectivity index (χ1v) is 12.3. The second kappa shape index (κ2) is 10.6. The number of halogens is 1. The summed E-state index contributed by atoms with van der Waals surface area (Å²) >= 11 is 3.88. The third-order valence-electron chi connectivity index (χ3n) is 6.18. The molecule has 6 heteroatoms. The summed E-state index contributed by atoms with van der Waals surface area (Å²) < 4.78 is 14.5. The average molecular weight is 522 g/mol. The molecule has 4 aromatic rings. The summed E-state index contributed by atoms with van der Waals surface area (Å²) in [6.45, 7) is 6.40. The van der Waals surface area contributed by atoms with E-state index in [-0.39, 0.29) is 0 Å².